The van der Waals surface area contributed by atoms with Crippen LogP contribution in [0.5, 0.6) is 0 Å². The molecule has 2 aromatic rings. The number of anilines is 1. The number of nitrogens with one attached hydrogen (secondary N) is 1. The number of halogens is 2. The Morgan fingerprint density at radius 1 is 1.25 bits per heavy atom. The molecular formula is C13H13F2N3OS. The lowest BCUT2D eigenvalue weighted by atomic mass is 10.2. The molecule has 1 amide bonds. The van der Waals surface area contributed by atoms with Crippen LogP contribution in [-0.2, 0) is 6.42 Å². The molecule has 0 bridgehead atoms. The zero-order valence-corrected chi connectivity index (χ0v) is 11.6. The molecule has 0 unspecified atom stereocenters. The second kappa shape index (κ2) is 6.51. The molecule has 1 heterocycles. The Hall–Kier alpha value is -1.89. The monoisotopic (exact) mass is 297 g/mol. The molecule has 0 radical (unpaired) electrons. The van der Waals surface area contributed by atoms with Crippen LogP contribution in [-0.4, -0.2) is 16.1 Å². The Morgan fingerprint density at radius 3 is 2.60 bits per heavy atom. The highest BCUT2D eigenvalue weighted by Crippen LogP contribution is 2.18. The number of hydrogen-bond donors (Lipinski definition) is 1. The molecule has 1 aromatic heterocycles. The molecule has 0 spiro atoms. The minimum Gasteiger partial charge on any atom is -0.296 e. The first-order valence-corrected chi connectivity index (χ1v) is 7.00. The van der Waals surface area contributed by atoms with Gasteiger partial charge in [-0.05, 0) is 18.6 Å². The van der Waals surface area contributed by atoms with Crippen LogP contribution in [0.25, 0.3) is 0 Å². The summed E-state index contributed by atoms with van der Waals surface area (Å²) in [6.07, 6.45) is 2.85. The highest BCUT2D eigenvalue weighted by atomic mass is 32.1. The molecule has 106 valence electrons. The van der Waals surface area contributed by atoms with Crippen molar-refractivity contribution in [2.75, 3.05) is 5.32 Å². The van der Waals surface area contributed by atoms with Gasteiger partial charge in [-0.2, -0.15) is 0 Å². The van der Waals surface area contributed by atoms with E-state index >= 15 is 0 Å². The highest BCUT2D eigenvalue weighted by molar-refractivity contribution is 7.15. The largest absolute Gasteiger partial charge is 0.296 e. The van der Waals surface area contributed by atoms with Crippen LogP contribution in [0.15, 0.2) is 18.2 Å². The second-order valence-corrected chi connectivity index (χ2v) is 5.28. The van der Waals surface area contributed by atoms with E-state index in [4.69, 9.17) is 0 Å². The summed E-state index contributed by atoms with van der Waals surface area (Å²) in [7, 11) is 0. The third-order valence-electron chi connectivity index (χ3n) is 2.56. The maximum atomic E-state index is 13.0. The number of aromatic nitrogens is 2. The van der Waals surface area contributed by atoms with Crippen molar-refractivity contribution in [2.24, 2.45) is 0 Å². The van der Waals surface area contributed by atoms with Crippen molar-refractivity contribution in [1.82, 2.24) is 10.2 Å². The number of amides is 1. The first-order valence-electron chi connectivity index (χ1n) is 6.18. The predicted molar refractivity (Wildman–Crippen MR) is 72.8 cm³/mol. The lowest BCUT2D eigenvalue weighted by molar-refractivity contribution is 0.102. The van der Waals surface area contributed by atoms with Gasteiger partial charge in [0.05, 0.1) is 0 Å². The van der Waals surface area contributed by atoms with Gasteiger partial charge < -0.3 is 0 Å². The minimum atomic E-state index is -0.795. The van der Waals surface area contributed by atoms with Gasteiger partial charge in [-0.15, -0.1) is 10.2 Å². The summed E-state index contributed by atoms with van der Waals surface area (Å²) >= 11 is 1.26. The summed E-state index contributed by atoms with van der Waals surface area (Å²) in [6, 6.07) is 2.65. The van der Waals surface area contributed by atoms with E-state index in [1.54, 1.807) is 0 Å². The van der Waals surface area contributed by atoms with Crippen molar-refractivity contribution in [3.8, 4) is 0 Å². The fourth-order valence-electron chi connectivity index (χ4n) is 1.59. The lowest BCUT2D eigenvalue weighted by Gasteiger charge is -2.01. The fourth-order valence-corrected chi connectivity index (χ4v) is 2.36. The van der Waals surface area contributed by atoms with E-state index in [9.17, 15) is 13.6 Å². The van der Waals surface area contributed by atoms with Gasteiger partial charge in [0.15, 0.2) is 0 Å². The van der Waals surface area contributed by atoms with E-state index in [1.807, 2.05) is 0 Å². The molecule has 0 aliphatic heterocycles. The van der Waals surface area contributed by atoms with Crippen molar-refractivity contribution in [3.05, 3.63) is 40.4 Å². The molecule has 1 aromatic carbocycles. The number of nitrogens with zero attached hydrogens (tertiary/aromatic N) is 2. The van der Waals surface area contributed by atoms with E-state index in [0.29, 0.717) is 11.2 Å². The molecule has 7 heteroatoms. The molecule has 20 heavy (non-hydrogen) atoms. The maximum absolute atomic E-state index is 13.0. The van der Waals surface area contributed by atoms with E-state index in [1.165, 1.54) is 11.3 Å². The SMILES string of the molecule is CCCCc1nnc(NC(=O)c2cc(F)cc(F)c2)s1. The number of aryl methyl sites for hydroxylation is 1. The fraction of sp³-hybridized carbons (Fsp3) is 0.308. The first-order chi connectivity index (χ1) is 9.58. The van der Waals surface area contributed by atoms with Crippen molar-refractivity contribution in [3.63, 3.8) is 0 Å². The Bertz CT molecular complexity index is 595. The van der Waals surface area contributed by atoms with Gasteiger partial charge in [0, 0.05) is 18.1 Å². The van der Waals surface area contributed by atoms with Gasteiger partial charge in [0.1, 0.15) is 16.6 Å². The molecule has 0 aliphatic carbocycles. The number of carbonyl (C=O) groups excluding carboxylic acids is 1. The quantitative estimate of drug-likeness (QED) is 0.920. The number of hydrogen-bond acceptors (Lipinski definition) is 4. The molecule has 0 aliphatic rings. The average Bonchev–Trinajstić information content (AvgIpc) is 2.82. The van der Waals surface area contributed by atoms with Crippen LogP contribution < -0.4 is 5.32 Å². The van der Waals surface area contributed by atoms with Crippen molar-refractivity contribution in [2.45, 2.75) is 26.2 Å². The number of benzene rings is 1. The van der Waals surface area contributed by atoms with Crippen LogP contribution in [0.3, 0.4) is 0 Å². The van der Waals surface area contributed by atoms with E-state index < -0.39 is 17.5 Å². The van der Waals surface area contributed by atoms with Gasteiger partial charge >= 0.3 is 0 Å². The van der Waals surface area contributed by atoms with E-state index in [2.05, 4.69) is 22.4 Å². The van der Waals surface area contributed by atoms with Crippen LogP contribution >= 0.6 is 11.3 Å². The molecule has 0 atom stereocenters. The minimum absolute atomic E-state index is 0.0900. The van der Waals surface area contributed by atoms with Gasteiger partial charge in [-0.25, -0.2) is 8.78 Å². The lowest BCUT2D eigenvalue weighted by Crippen LogP contribution is -2.12. The van der Waals surface area contributed by atoms with Crippen molar-refractivity contribution < 1.29 is 13.6 Å². The molecule has 2 rings (SSSR count). The molecule has 4 nitrogen and oxygen atoms in total. The topological polar surface area (TPSA) is 54.9 Å². The Balaban J connectivity index is 2.05. The van der Waals surface area contributed by atoms with Crippen molar-refractivity contribution >= 4 is 22.4 Å². The van der Waals surface area contributed by atoms with E-state index in [-0.39, 0.29) is 5.56 Å². The maximum Gasteiger partial charge on any atom is 0.257 e. The zero-order valence-electron chi connectivity index (χ0n) is 10.8. The standard InChI is InChI=1S/C13H13F2N3OS/c1-2-3-4-11-17-18-13(20-11)16-12(19)8-5-9(14)7-10(15)6-8/h5-7H,2-4H2,1H3,(H,16,18,19). The molecule has 0 saturated heterocycles. The van der Waals surface area contributed by atoms with Crippen molar-refractivity contribution in [1.29, 1.82) is 0 Å². The number of rotatable bonds is 5. The van der Waals surface area contributed by atoms with Crippen LogP contribution in [0.4, 0.5) is 13.9 Å². The average molecular weight is 297 g/mol. The Kier molecular flexibility index (Phi) is 4.73. The highest BCUT2D eigenvalue weighted by Gasteiger charge is 2.12. The summed E-state index contributed by atoms with van der Waals surface area (Å²) in [6.45, 7) is 2.07. The Morgan fingerprint density at radius 2 is 1.95 bits per heavy atom. The summed E-state index contributed by atoms with van der Waals surface area (Å²) in [5.41, 5.74) is -0.0900. The molecule has 0 fully saturated rings. The summed E-state index contributed by atoms with van der Waals surface area (Å²) in [5, 5.41) is 11.4. The van der Waals surface area contributed by atoms with Crippen LogP contribution in [0.2, 0.25) is 0 Å². The molecule has 1 N–H and O–H groups in total. The van der Waals surface area contributed by atoms with Gasteiger partial charge in [-0.1, -0.05) is 24.7 Å². The summed E-state index contributed by atoms with van der Waals surface area (Å²) < 4.78 is 26.1. The summed E-state index contributed by atoms with van der Waals surface area (Å²) in [4.78, 5) is 11.8. The van der Waals surface area contributed by atoms with Crippen LogP contribution in [0, 0.1) is 11.6 Å². The predicted octanol–water partition coefficient (Wildman–Crippen LogP) is 3.41. The van der Waals surface area contributed by atoms with Gasteiger partial charge in [0.2, 0.25) is 5.13 Å². The van der Waals surface area contributed by atoms with E-state index in [0.717, 1.165) is 36.4 Å². The third kappa shape index (κ3) is 3.80. The van der Waals surface area contributed by atoms with Gasteiger partial charge in [-0.3, -0.25) is 10.1 Å². The van der Waals surface area contributed by atoms with Gasteiger partial charge in [0.25, 0.3) is 5.91 Å². The Labute approximate surface area is 118 Å². The molecule has 0 saturated carbocycles. The number of unbranched alkanes of at least 4 members (excludes halogenated alkanes) is 1. The first kappa shape index (κ1) is 14.5. The van der Waals surface area contributed by atoms with Crippen LogP contribution in [0.1, 0.15) is 35.1 Å². The normalized spacial score (nSPS) is 10.6. The molecular weight excluding hydrogens is 284 g/mol. The second-order valence-electron chi connectivity index (χ2n) is 4.22. The summed E-state index contributed by atoms with van der Waals surface area (Å²) in [5.74, 6) is -2.20. The smallest absolute Gasteiger partial charge is 0.257 e. The number of carbonyl (C=O) groups is 1. The zero-order chi connectivity index (χ0) is 14.5. The third-order valence-corrected chi connectivity index (χ3v) is 3.45.